The highest BCUT2D eigenvalue weighted by Crippen LogP contribution is 2.14. The van der Waals surface area contributed by atoms with E-state index in [1.807, 2.05) is 24.3 Å². The lowest BCUT2D eigenvalue weighted by Crippen LogP contribution is -1.97. The molecule has 0 radical (unpaired) electrons. The van der Waals surface area contributed by atoms with E-state index in [0.717, 1.165) is 24.3 Å². The maximum Gasteiger partial charge on any atom is 0.261 e. The van der Waals surface area contributed by atoms with Crippen LogP contribution in [0.2, 0.25) is 0 Å². The van der Waals surface area contributed by atoms with Crippen molar-refractivity contribution in [3.05, 3.63) is 29.8 Å². The Kier molecular flexibility index (Phi) is 16.3. The van der Waals surface area contributed by atoms with Crippen LogP contribution in [0.15, 0.2) is 24.3 Å². The molecule has 158 valence electrons. The summed E-state index contributed by atoms with van der Waals surface area (Å²) >= 11 is 0. The third-order valence-electron chi connectivity index (χ3n) is 4.12. The van der Waals surface area contributed by atoms with Crippen molar-refractivity contribution >= 4 is 10.1 Å². The van der Waals surface area contributed by atoms with E-state index in [-0.39, 0.29) is 6.61 Å². The molecular formula is C21H38O5S. The molecular weight excluding hydrogens is 364 g/mol. The highest BCUT2D eigenvalue weighted by molar-refractivity contribution is 7.85. The number of ether oxygens (including phenoxy) is 1. The van der Waals surface area contributed by atoms with E-state index in [1.165, 1.54) is 64.2 Å². The van der Waals surface area contributed by atoms with E-state index in [9.17, 15) is 8.42 Å². The Labute approximate surface area is 165 Å². The van der Waals surface area contributed by atoms with E-state index in [0.29, 0.717) is 6.26 Å². The van der Waals surface area contributed by atoms with Gasteiger partial charge < -0.3 is 9.84 Å². The van der Waals surface area contributed by atoms with Crippen LogP contribution in [-0.2, 0) is 16.7 Å². The first-order chi connectivity index (χ1) is 12.9. The minimum absolute atomic E-state index is 0.0961. The number of hydrogen-bond donors (Lipinski definition) is 2. The van der Waals surface area contributed by atoms with Gasteiger partial charge in [-0.05, 0) is 24.1 Å². The maximum atomic E-state index is 9.19. The van der Waals surface area contributed by atoms with E-state index >= 15 is 0 Å². The van der Waals surface area contributed by atoms with Gasteiger partial charge in [0.1, 0.15) is 5.75 Å². The Morgan fingerprint density at radius 3 is 1.63 bits per heavy atom. The van der Waals surface area contributed by atoms with Gasteiger partial charge in [0.25, 0.3) is 10.1 Å². The van der Waals surface area contributed by atoms with Gasteiger partial charge in [-0.2, -0.15) is 8.42 Å². The molecule has 0 aliphatic heterocycles. The maximum absolute atomic E-state index is 9.19. The number of aliphatic hydroxyl groups is 1. The molecule has 0 saturated carbocycles. The summed E-state index contributed by atoms with van der Waals surface area (Å²) in [5, 5.41) is 8.98. The summed E-state index contributed by atoms with van der Waals surface area (Å²) in [5.41, 5.74) is 0.932. The fourth-order valence-electron chi connectivity index (χ4n) is 2.65. The summed E-state index contributed by atoms with van der Waals surface area (Å²) in [6.45, 7) is 3.17. The van der Waals surface area contributed by atoms with Crippen LogP contribution in [-0.4, -0.2) is 30.9 Å². The lowest BCUT2D eigenvalue weighted by molar-refractivity contribution is 0.281. The summed E-state index contributed by atoms with van der Waals surface area (Å²) < 4.78 is 31.6. The number of rotatable bonds is 14. The van der Waals surface area contributed by atoms with Crippen molar-refractivity contribution in [1.82, 2.24) is 0 Å². The van der Waals surface area contributed by atoms with Crippen LogP contribution in [0.3, 0.4) is 0 Å². The van der Waals surface area contributed by atoms with E-state index in [1.54, 1.807) is 0 Å². The first-order valence-electron chi connectivity index (χ1n) is 10.1. The highest BCUT2D eigenvalue weighted by atomic mass is 32.2. The molecule has 0 heterocycles. The normalized spacial score (nSPS) is 11.0. The third kappa shape index (κ3) is 21.1. The predicted octanol–water partition coefficient (Wildman–Crippen LogP) is 5.37. The number of benzene rings is 1. The van der Waals surface area contributed by atoms with Gasteiger partial charge in [-0.3, -0.25) is 4.55 Å². The van der Waals surface area contributed by atoms with Crippen LogP contribution in [0.1, 0.15) is 83.1 Å². The molecule has 0 saturated heterocycles. The third-order valence-corrected chi connectivity index (χ3v) is 4.12. The number of hydrogen-bond acceptors (Lipinski definition) is 4. The zero-order valence-electron chi connectivity index (χ0n) is 17.0. The second-order valence-corrected chi connectivity index (χ2v) is 8.39. The molecule has 0 aliphatic rings. The van der Waals surface area contributed by atoms with Crippen LogP contribution >= 0.6 is 0 Å². The van der Waals surface area contributed by atoms with Gasteiger partial charge >= 0.3 is 0 Å². The van der Waals surface area contributed by atoms with Crippen LogP contribution in [0, 0.1) is 0 Å². The first kappa shape index (κ1) is 25.9. The van der Waals surface area contributed by atoms with Crippen molar-refractivity contribution in [3.63, 3.8) is 0 Å². The molecule has 0 aromatic heterocycles. The van der Waals surface area contributed by atoms with Crippen molar-refractivity contribution in [2.24, 2.45) is 0 Å². The molecule has 0 aliphatic carbocycles. The molecule has 0 bridgehead atoms. The van der Waals surface area contributed by atoms with Crippen molar-refractivity contribution in [2.45, 2.75) is 84.2 Å². The minimum Gasteiger partial charge on any atom is -0.494 e. The van der Waals surface area contributed by atoms with Crippen molar-refractivity contribution in [2.75, 3.05) is 12.9 Å². The Morgan fingerprint density at radius 2 is 1.22 bits per heavy atom. The summed E-state index contributed by atoms with van der Waals surface area (Å²) in [4.78, 5) is 0. The minimum atomic E-state index is -3.67. The Morgan fingerprint density at radius 1 is 0.815 bits per heavy atom. The second kappa shape index (κ2) is 17.0. The summed E-state index contributed by atoms with van der Waals surface area (Å²) in [6.07, 6.45) is 15.7. The summed E-state index contributed by atoms with van der Waals surface area (Å²) in [7, 11) is -3.67. The van der Waals surface area contributed by atoms with Gasteiger partial charge in [0, 0.05) is 0 Å². The van der Waals surface area contributed by atoms with Gasteiger partial charge in [0.05, 0.1) is 19.5 Å². The highest BCUT2D eigenvalue weighted by Gasteiger charge is 1.96. The second-order valence-electron chi connectivity index (χ2n) is 6.92. The lowest BCUT2D eigenvalue weighted by Gasteiger charge is -2.07. The molecule has 5 nitrogen and oxygen atoms in total. The summed E-state index contributed by atoms with van der Waals surface area (Å²) in [5.74, 6) is 0.907. The Hall–Kier alpha value is -1.11. The first-order valence-corrected chi connectivity index (χ1v) is 12.0. The van der Waals surface area contributed by atoms with Gasteiger partial charge in [0.2, 0.25) is 0 Å². The SMILES string of the molecule is CCCCCCCCCCCCCOc1ccc(CO)cc1.CS(=O)(=O)O. The lowest BCUT2D eigenvalue weighted by atomic mass is 10.1. The molecule has 1 aromatic carbocycles. The quantitative estimate of drug-likeness (QED) is 0.323. The number of unbranched alkanes of at least 4 members (excludes halogenated alkanes) is 10. The van der Waals surface area contributed by atoms with Crippen LogP contribution in [0.4, 0.5) is 0 Å². The van der Waals surface area contributed by atoms with Crippen LogP contribution < -0.4 is 4.74 Å². The van der Waals surface area contributed by atoms with E-state index in [2.05, 4.69) is 6.92 Å². The molecule has 2 N–H and O–H groups in total. The Balaban J connectivity index is 0.00000119. The van der Waals surface area contributed by atoms with Crippen molar-refractivity contribution in [1.29, 1.82) is 0 Å². The summed E-state index contributed by atoms with van der Waals surface area (Å²) in [6, 6.07) is 7.69. The monoisotopic (exact) mass is 402 g/mol. The van der Waals surface area contributed by atoms with Gasteiger partial charge in [-0.15, -0.1) is 0 Å². The zero-order valence-corrected chi connectivity index (χ0v) is 17.8. The van der Waals surface area contributed by atoms with Crippen LogP contribution in [0.25, 0.3) is 0 Å². The van der Waals surface area contributed by atoms with Gasteiger partial charge in [-0.1, -0.05) is 83.3 Å². The molecule has 0 unspecified atom stereocenters. The average molecular weight is 403 g/mol. The Bertz CT molecular complexity index is 532. The molecule has 1 rings (SSSR count). The van der Waals surface area contributed by atoms with Gasteiger partial charge in [0.15, 0.2) is 0 Å². The van der Waals surface area contributed by atoms with Crippen molar-refractivity contribution in [3.8, 4) is 5.75 Å². The molecule has 0 amide bonds. The molecule has 6 heteroatoms. The molecule has 27 heavy (non-hydrogen) atoms. The molecule has 0 fully saturated rings. The standard InChI is InChI=1S/C20H34O2.CH4O3S/c1-2-3-4-5-6-7-8-9-10-11-12-17-22-20-15-13-19(18-21)14-16-20;1-5(2,3)4/h13-16,21H,2-12,17-18H2,1H3;1H3,(H,2,3,4). The molecule has 0 spiro atoms. The van der Waals surface area contributed by atoms with Crippen LogP contribution in [0.5, 0.6) is 5.75 Å². The predicted molar refractivity (Wildman–Crippen MR) is 112 cm³/mol. The molecule has 0 atom stereocenters. The van der Waals surface area contributed by atoms with E-state index < -0.39 is 10.1 Å². The van der Waals surface area contributed by atoms with E-state index in [4.69, 9.17) is 14.4 Å². The molecule has 1 aromatic rings. The topological polar surface area (TPSA) is 83.8 Å². The largest absolute Gasteiger partial charge is 0.494 e. The van der Waals surface area contributed by atoms with Crippen molar-refractivity contribution < 1.29 is 22.8 Å². The fraction of sp³-hybridized carbons (Fsp3) is 0.714. The fourth-order valence-corrected chi connectivity index (χ4v) is 2.65. The smallest absolute Gasteiger partial charge is 0.261 e. The zero-order chi connectivity index (χ0) is 20.4. The van der Waals surface area contributed by atoms with Gasteiger partial charge in [-0.25, -0.2) is 0 Å². The number of aliphatic hydroxyl groups excluding tert-OH is 1. The average Bonchev–Trinajstić information content (AvgIpc) is 2.62.